The summed E-state index contributed by atoms with van der Waals surface area (Å²) >= 11 is 12.4. The Morgan fingerprint density at radius 1 is 0.950 bits per heavy atom. The van der Waals surface area contributed by atoms with Crippen molar-refractivity contribution in [1.82, 2.24) is 10.2 Å². The van der Waals surface area contributed by atoms with Gasteiger partial charge in [0.05, 0.1) is 24.8 Å². The zero-order valence-electron chi connectivity index (χ0n) is 22.6. The fourth-order valence-corrected chi connectivity index (χ4v) is 6.05. The zero-order valence-corrected chi connectivity index (χ0v) is 24.9. The van der Waals surface area contributed by atoms with E-state index in [0.29, 0.717) is 21.4 Å². The molecule has 12 heteroatoms. The van der Waals surface area contributed by atoms with Crippen LogP contribution in [-0.4, -0.2) is 59.0 Å². The van der Waals surface area contributed by atoms with Crippen molar-refractivity contribution in [2.75, 3.05) is 32.1 Å². The lowest BCUT2D eigenvalue weighted by Gasteiger charge is -2.33. The number of nitrogens with one attached hydrogen (secondary N) is 1. The van der Waals surface area contributed by atoms with E-state index in [4.69, 9.17) is 32.7 Å². The van der Waals surface area contributed by atoms with Crippen LogP contribution in [0.5, 0.6) is 11.5 Å². The topological polar surface area (TPSA) is 105 Å². The van der Waals surface area contributed by atoms with Crippen molar-refractivity contribution < 1.29 is 27.5 Å². The summed E-state index contributed by atoms with van der Waals surface area (Å²) in [6.45, 7) is 1.14. The maximum Gasteiger partial charge on any atom is 0.264 e. The molecular weight excluding hydrogens is 577 g/mol. The van der Waals surface area contributed by atoms with Crippen LogP contribution >= 0.6 is 23.2 Å². The summed E-state index contributed by atoms with van der Waals surface area (Å²) in [5, 5.41) is 3.31. The summed E-state index contributed by atoms with van der Waals surface area (Å²) in [4.78, 5) is 28.0. The van der Waals surface area contributed by atoms with E-state index in [0.717, 1.165) is 4.31 Å². The standard InChI is InChI=1S/C28H31Cl2N3O6S/c1-5-24(28(35)31-2)32(17-19-11-12-20(29)15-23(19)30)27(34)18-33(21-9-7-6-8-10-21)40(36,37)22-13-14-25(38-3)26(16-22)39-4/h6-16,24H,5,17-18H2,1-4H3,(H,31,35)/t24-/m0/s1. The van der Waals surface area contributed by atoms with Crippen LogP contribution in [0, 0.1) is 0 Å². The molecule has 0 aliphatic rings. The largest absolute Gasteiger partial charge is 0.493 e. The Hall–Kier alpha value is -3.47. The number of benzene rings is 3. The van der Waals surface area contributed by atoms with E-state index in [-0.39, 0.29) is 29.3 Å². The molecule has 1 atom stereocenters. The van der Waals surface area contributed by atoms with Gasteiger partial charge in [0.1, 0.15) is 12.6 Å². The number of carbonyl (C=O) groups is 2. The van der Waals surface area contributed by atoms with E-state index in [1.54, 1.807) is 55.5 Å². The molecule has 0 fully saturated rings. The molecule has 0 bridgehead atoms. The van der Waals surface area contributed by atoms with Gasteiger partial charge in [-0.05, 0) is 48.4 Å². The average Bonchev–Trinajstić information content (AvgIpc) is 2.96. The third-order valence-electron chi connectivity index (χ3n) is 6.25. The maximum atomic E-state index is 14.0. The van der Waals surface area contributed by atoms with Gasteiger partial charge in [-0.3, -0.25) is 13.9 Å². The summed E-state index contributed by atoms with van der Waals surface area (Å²) in [7, 11) is 0.0365. The lowest BCUT2D eigenvalue weighted by Crippen LogP contribution is -2.51. The van der Waals surface area contributed by atoms with Gasteiger partial charge in [-0.1, -0.05) is 54.4 Å². The molecule has 9 nitrogen and oxygen atoms in total. The molecule has 0 saturated heterocycles. The Morgan fingerprint density at radius 3 is 2.20 bits per heavy atom. The van der Waals surface area contributed by atoms with Gasteiger partial charge in [-0.2, -0.15) is 0 Å². The van der Waals surface area contributed by atoms with E-state index in [1.165, 1.54) is 44.4 Å². The van der Waals surface area contributed by atoms with Crippen LogP contribution in [0.3, 0.4) is 0 Å². The Labute approximate surface area is 244 Å². The van der Waals surface area contributed by atoms with Crippen molar-refractivity contribution in [3.05, 3.63) is 82.3 Å². The van der Waals surface area contributed by atoms with Gasteiger partial charge in [0.2, 0.25) is 11.8 Å². The number of ether oxygens (including phenoxy) is 2. The van der Waals surface area contributed by atoms with Crippen molar-refractivity contribution in [3.63, 3.8) is 0 Å². The van der Waals surface area contributed by atoms with Crippen molar-refractivity contribution in [2.24, 2.45) is 0 Å². The molecule has 0 aromatic heterocycles. The normalized spacial score (nSPS) is 11.8. The van der Waals surface area contributed by atoms with Crippen LogP contribution in [0.4, 0.5) is 5.69 Å². The number of sulfonamides is 1. The fraction of sp³-hybridized carbons (Fsp3) is 0.286. The first kappa shape index (κ1) is 31.1. The molecule has 2 amide bonds. The van der Waals surface area contributed by atoms with Crippen LogP contribution in [0.15, 0.2) is 71.6 Å². The van der Waals surface area contributed by atoms with Gasteiger partial charge < -0.3 is 19.7 Å². The molecule has 0 aliphatic heterocycles. The van der Waals surface area contributed by atoms with E-state index in [9.17, 15) is 18.0 Å². The highest BCUT2D eigenvalue weighted by Gasteiger charge is 2.34. The van der Waals surface area contributed by atoms with Crippen molar-refractivity contribution in [1.29, 1.82) is 0 Å². The minimum atomic E-state index is -4.28. The molecule has 0 radical (unpaired) electrons. The summed E-state index contributed by atoms with van der Waals surface area (Å²) in [6.07, 6.45) is 0.282. The smallest absolute Gasteiger partial charge is 0.264 e. The van der Waals surface area contributed by atoms with Crippen molar-refractivity contribution in [3.8, 4) is 11.5 Å². The van der Waals surface area contributed by atoms with Crippen LogP contribution < -0.4 is 19.1 Å². The quantitative estimate of drug-likeness (QED) is 0.318. The fourth-order valence-electron chi connectivity index (χ4n) is 4.15. The number of halogens is 2. The van der Waals surface area contributed by atoms with Crippen molar-refractivity contribution in [2.45, 2.75) is 30.8 Å². The van der Waals surface area contributed by atoms with Gasteiger partial charge >= 0.3 is 0 Å². The molecule has 3 rings (SSSR count). The minimum Gasteiger partial charge on any atom is -0.493 e. The number of rotatable bonds is 12. The molecule has 0 unspecified atom stereocenters. The summed E-state index contributed by atoms with van der Waals surface area (Å²) in [5.41, 5.74) is 0.818. The number of hydrogen-bond acceptors (Lipinski definition) is 6. The van der Waals surface area contributed by atoms with E-state index in [1.807, 2.05) is 0 Å². The lowest BCUT2D eigenvalue weighted by molar-refractivity contribution is -0.140. The Kier molecular flexibility index (Phi) is 10.7. The van der Waals surface area contributed by atoms with Crippen LogP contribution in [0.25, 0.3) is 0 Å². The number of hydrogen-bond donors (Lipinski definition) is 1. The van der Waals surface area contributed by atoms with Crippen molar-refractivity contribution >= 4 is 50.7 Å². The van der Waals surface area contributed by atoms with Gasteiger partial charge in [0, 0.05) is 29.7 Å². The Bertz CT molecular complexity index is 1450. The van der Waals surface area contributed by atoms with E-state index in [2.05, 4.69) is 5.32 Å². The Morgan fingerprint density at radius 2 is 1.62 bits per heavy atom. The second-order valence-electron chi connectivity index (χ2n) is 8.66. The first-order valence-electron chi connectivity index (χ1n) is 12.3. The van der Waals surface area contributed by atoms with E-state index < -0.39 is 34.4 Å². The molecule has 1 N–H and O–H groups in total. The first-order valence-corrected chi connectivity index (χ1v) is 14.5. The van der Waals surface area contributed by atoms with Gasteiger partial charge in [-0.15, -0.1) is 0 Å². The second kappa shape index (κ2) is 13.7. The highest BCUT2D eigenvalue weighted by atomic mass is 35.5. The lowest BCUT2D eigenvalue weighted by atomic mass is 10.1. The molecule has 3 aromatic rings. The average molecular weight is 609 g/mol. The monoisotopic (exact) mass is 607 g/mol. The van der Waals surface area contributed by atoms with Crippen LogP contribution in [-0.2, 0) is 26.2 Å². The first-order chi connectivity index (χ1) is 19.1. The highest BCUT2D eigenvalue weighted by molar-refractivity contribution is 7.92. The molecule has 0 aliphatic carbocycles. The van der Waals surface area contributed by atoms with Gasteiger partial charge in [0.15, 0.2) is 11.5 Å². The predicted octanol–water partition coefficient (Wildman–Crippen LogP) is 4.76. The molecule has 0 spiro atoms. The zero-order chi connectivity index (χ0) is 29.4. The maximum absolute atomic E-state index is 14.0. The molecule has 0 saturated carbocycles. The molecule has 0 heterocycles. The van der Waals surface area contributed by atoms with Gasteiger partial charge in [0.25, 0.3) is 10.0 Å². The SMILES string of the molecule is CC[C@@H](C(=O)NC)N(Cc1ccc(Cl)cc1Cl)C(=O)CN(c1ccccc1)S(=O)(=O)c1ccc(OC)c(OC)c1. The summed E-state index contributed by atoms with van der Waals surface area (Å²) < 4.78 is 39.5. The molecule has 3 aromatic carbocycles. The number of anilines is 1. The molecule has 214 valence electrons. The predicted molar refractivity (Wildman–Crippen MR) is 156 cm³/mol. The number of para-hydroxylation sites is 1. The number of likely N-dealkylation sites (N-methyl/N-ethyl adjacent to an activating group) is 1. The third kappa shape index (κ3) is 6.99. The Balaban J connectivity index is 2.09. The van der Waals surface area contributed by atoms with Gasteiger partial charge in [-0.25, -0.2) is 8.42 Å². The summed E-state index contributed by atoms with van der Waals surface area (Å²) in [6, 6.07) is 16.4. The number of nitrogens with zero attached hydrogens (tertiary/aromatic N) is 2. The molecular formula is C28H31Cl2N3O6S. The minimum absolute atomic E-state index is 0.0419. The summed E-state index contributed by atoms with van der Waals surface area (Å²) in [5.74, 6) is -0.428. The number of methoxy groups -OCH3 is 2. The third-order valence-corrected chi connectivity index (χ3v) is 8.61. The van der Waals surface area contributed by atoms with E-state index >= 15 is 0 Å². The number of carbonyl (C=O) groups excluding carboxylic acids is 2. The van der Waals surface area contributed by atoms with Crippen LogP contribution in [0.2, 0.25) is 10.0 Å². The number of amides is 2. The highest BCUT2D eigenvalue weighted by Crippen LogP contribution is 2.32. The second-order valence-corrected chi connectivity index (χ2v) is 11.4. The molecule has 40 heavy (non-hydrogen) atoms. The van der Waals surface area contributed by atoms with Crippen LogP contribution in [0.1, 0.15) is 18.9 Å².